The molecule has 0 aliphatic carbocycles. The molecule has 4 rings (SSSR count). The summed E-state index contributed by atoms with van der Waals surface area (Å²) in [6.45, 7) is 2.33. The third-order valence-electron chi connectivity index (χ3n) is 3.80. The van der Waals surface area contributed by atoms with E-state index in [-0.39, 0.29) is 0 Å². The summed E-state index contributed by atoms with van der Waals surface area (Å²) in [6, 6.07) is 13.2. The minimum absolute atomic E-state index is 1.09. The second kappa shape index (κ2) is 2.88. The molecule has 1 heteroatoms. The average molecular weight is 207 g/mol. The smallest absolute Gasteiger partial charge is 0.0366 e. The lowest BCUT2D eigenvalue weighted by Gasteiger charge is -2.38. The Balaban J connectivity index is 2.24. The Hall–Kier alpha value is -1.76. The molecule has 0 radical (unpaired) electrons. The Morgan fingerprint density at radius 2 is 1.94 bits per heavy atom. The number of hydrogen-bond acceptors (Lipinski definition) is 1. The lowest BCUT2D eigenvalue weighted by atomic mass is 9.97. The number of hydrogen-bond donors (Lipinski definition) is 0. The van der Waals surface area contributed by atoms with Crippen molar-refractivity contribution in [2.24, 2.45) is 0 Å². The summed E-state index contributed by atoms with van der Waals surface area (Å²) in [6.07, 6.45) is 3.62. The Labute approximate surface area is 94.3 Å². The van der Waals surface area contributed by atoms with Crippen LogP contribution in [0.4, 0.5) is 0 Å². The molecule has 1 saturated heterocycles. The summed E-state index contributed by atoms with van der Waals surface area (Å²) in [5, 5.41) is 5.66. The van der Waals surface area contributed by atoms with Crippen LogP contribution in [0.1, 0.15) is 6.42 Å². The summed E-state index contributed by atoms with van der Waals surface area (Å²) < 4.78 is 0. The van der Waals surface area contributed by atoms with Crippen molar-refractivity contribution in [3.8, 4) is 0 Å². The Morgan fingerprint density at radius 1 is 1.00 bits per heavy atom. The highest BCUT2D eigenvalue weighted by Crippen LogP contribution is 2.22. The van der Waals surface area contributed by atoms with Crippen LogP contribution in [0.5, 0.6) is 0 Å². The van der Waals surface area contributed by atoms with E-state index in [1.165, 1.54) is 34.2 Å². The second-order valence-corrected chi connectivity index (χ2v) is 4.59. The van der Waals surface area contributed by atoms with Crippen molar-refractivity contribution in [1.82, 2.24) is 4.90 Å². The van der Waals surface area contributed by atoms with Crippen LogP contribution in [0, 0.1) is 0 Å². The number of fused-ring (bicyclic) bond motifs is 4. The van der Waals surface area contributed by atoms with Gasteiger partial charge in [-0.25, -0.2) is 0 Å². The van der Waals surface area contributed by atoms with Gasteiger partial charge in [0.1, 0.15) is 0 Å². The number of nitrogens with zero attached hydrogens (tertiary/aromatic N) is 1. The fraction of sp³-hybridized carbons (Fsp3) is 0.200. The maximum absolute atomic E-state index is 2.47. The van der Waals surface area contributed by atoms with Gasteiger partial charge in [-0.2, -0.15) is 0 Å². The molecule has 0 unspecified atom stereocenters. The molecule has 0 spiro atoms. The Morgan fingerprint density at radius 3 is 2.81 bits per heavy atom. The van der Waals surface area contributed by atoms with Crippen molar-refractivity contribution in [3.63, 3.8) is 0 Å². The third kappa shape index (κ3) is 0.955. The van der Waals surface area contributed by atoms with E-state index in [0.717, 1.165) is 6.54 Å². The summed E-state index contributed by atoms with van der Waals surface area (Å²) in [5.74, 6) is 0. The molecular weight excluding hydrogens is 194 g/mol. The van der Waals surface area contributed by atoms with E-state index in [1.54, 1.807) is 5.70 Å². The van der Waals surface area contributed by atoms with Gasteiger partial charge < -0.3 is 4.90 Å². The van der Waals surface area contributed by atoms with Gasteiger partial charge in [0, 0.05) is 30.4 Å². The van der Waals surface area contributed by atoms with Crippen LogP contribution >= 0.6 is 0 Å². The fourth-order valence-corrected chi connectivity index (χ4v) is 2.86. The van der Waals surface area contributed by atoms with Gasteiger partial charge in [-0.15, -0.1) is 0 Å². The molecule has 1 fully saturated rings. The van der Waals surface area contributed by atoms with Gasteiger partial charge in [0.15, 0.2) is 0 Å². The van der Waals surface area contributed by atoms with Gasteiger partial charge in [-0.3, -0.25) is 0 Å². The highest BCUT2D eigenvalue weighted by atomic mass is 15.2. The van der Waals surface area contributed by atoms with E-state index in [2.05, 4.69) is 47.4 Å². The molecule has 0 bridgehead atoms. The van der Waals surface area contributed by atoms with Gasteiger partial charge in [0.05, 0.1) is 0 Å². The highest BCUT2D eigenvalue weighted by molar-refractivity contribution is 5.84. The van der Waals surface area contributed by atoms with Crippen molar-refractivity contribution < 1.29 is 0 Å². The first-order valence-corrected chi connectivity index (χ1v) is 5.89. The summed E-state index contributed by atoms with van der Waals surface area (Å²) in [7, 11) is 0. The molecule has 16 heavy (non-hydrogen) atoms. The van der Waals surface area contributed by atoms with Crippen molar-refractivity contribution >= 4 is 22.5 Å². The lowest BCUT2D eigenvalue weighted by Crippen LogP contribution is -2.46. The Kier molecular flexibility index (Phi) is 1.51. The largest absolute Gasteiger partial charge is 0.370 e. The molecule has 2 aliphatic rings. The van der Waals surface area contributed by atoms with Crippen molar-refractivity contribution in [3.05, 3.63) is 46.8 Å². The normalized spacial score (nSPS) is 17.5. The van der Waals surface area contributed by atoms with Gasteiger partial charge in [-0.05, 0) is 16.0 Å². The van der Waals surface area contributed by atoms with Gasteiger partial charge in [-0.1, -0.05) is 42.5 Å². The van der Waals surface area contributed by atoms with Crippen molar-refractivity contribution in [2.45, 2.75) is 6.42 Å². The van der Waals surface area contributed by atoms with Crippen LogP contribution in [-0.2, 0) is 0 Å². The molecule has 1 nitrogen and oxygen atoms in total. The molecule has 0 aromatic heterocycles. The van der Waals surface area contributed by atoms with Gasteiger partial charge in [0.2, 0.25) is 0 Å². The predicted molar refractivity (Wildman–Crippen MR) is 67.3 cm³/mol. The van der Waals surface area contributed by atoms with Crippen LogP contribution in [0.3, 0.4) is 0 Å². The van der Waals surface area contributed by atoms with Crippen LogP contribution in [0.2, 0.25) is 0 Å². The zero-order valence-electron chi connectivity index (χ0n) is 9.11. The monoisotopic (exact) mass is 207 g/mol. The first-order chi connectivity index (χ1) is 7.93. The molecule has 0 atom stereocenters. The molecule has 78 valence electrons. The quantitative estimate of drug-likeness (QED) is 0.632. The second-order valence-electron chi connectivity index (χ2n) is 4.59. The van der Waals surface area contributed by atoms with E-state index in [1.807, 2.05) is 0 Å². The van der Waals surface area contributed by atoms with Gasteiger partial charge in [0.25, 0.3) is 0 Å². The molecule has 0 amide bonds. The summed E-state index contributed by atoms with van der Waals surface area (Å²) in [5.41, 5.74) is 1.54. The van der Waals surface area contributed by atoms with E-state index in [0.29, 0.717) is 0 Å². The standard InChI is InChI=1S/C15H13N/c1-2-4-12-11(3-1)5-6-14-13(12)7-9-16-10-8-15(14)16/h1-7H,8-10H2. The van der Waals surface area contributed by atoms with Crippen LogP contribution < -0.4 is 10.4 Å². The topological polar surface area (TPSA) is 3.24 Å². The zero-order chi connectivity index (χ0) is 10.5. The van der Waals surface area contributed by atoms with E-state index >= 15 is 0 Å². The highest BCUT2D eigenvalue weighted by Gasteiger charge is 2.22. The van der Waals surface area contributed by atoms with E-state index in [4.69, 9.17) is 0 Å². The zero-order valence-corrected chi connectivity index (χ0v) is 9.11. The first-order valence-electron chi connectivity index (χ1n) is 5.89. The van der Waals surface area contributed by atoms with E-state index < -0.39 is 0 Å². The SMILES string of the molecule is C1=c2c(ccc3ccccc23)=C2CCN2C1. The minimum Gasteiger partial charge on any atom is -0.370 e. The fourth-order valence-electron chi connectivity index (χ4n) is 2.86. The first kappa shape index (κ1) is 8.40. The van der Waals surface area contributed by atoms with Crippen LogP contribution in [-0.4, -0.2) is 18.0 Å². The number of rotatable bonds is 0. The molecule has 2 aliphatic heterocycles. The van der Waals surface area contributed by atoms with E-state index in [9.17, 15) is 0 Å². The number of benzene rings is 2. The van der Waals surface area contributed by atoms with Gasteiger partial charge >= 0.3 is 0 Å². The summed E-state index contributed by atoms with van der Waals surface area (Å²) >= 11 is 0. The van der Waals surface area contributed by atoms with Crippen LogP contribution in [0.15, 0.2) is 36.4 Å². The third-order valence-corrected chi connectivity index (χ3v) is 3.80. The minimum atomic E-state index is 1.09. The molecule has 2 heterocycles. The van der Waals surface area contributed by atoms with Crippen LogP contribution in [0.25, 0.3) is 22.5 Å². The molecule has 0 N–H and O–H groups in total. The maximum Gasteiger partial charge on any atom is 0.0366 e. The molecule has 0 saturated carbocycles. The molecule has 2 aromatic carbocycles. The lowest BCUT2D eigenvalue weighted by molar-refractivity contribution is 0.357. The average Bonchev–Trinajstić information content (AvgIpc) is 2.29. The molecule has 2 aromatic rings. The molecular formula is C15H13N. The summed E-state index contributed by atoms with van der Waals surface area (Å²) in [4.78, 5) is 2.47. The Bertz CT molecular complexity index is 697. The van der Waals surface area contributed by atoms with Crippen molar-refractivity contribution in [1.29, 1.82) is 0 Å². The predicted octanol–water partition coefficient (Wildman–Crippen LogP) is 1.45. The maximum atomic E-state index is 2.47. The van der Waals surface area contributed by atoms with Crippen molar-refractivity contribution in [2.75, 3.05) is 13.1 Å².